The van der Waals surface area contributed by atoms with Gasteiger partial charge in [0.2, 0.25) is 0 Å². The van der Waals surface area contributed by atoms with Gasteiger partial charge in [0.1, 0.15) is 17.7 Å². The van der Waals surface area contributed by atoms with Crippen LogP contribution in [-0.2, 0) is 13.5 Å². The highest BCUT2D eigenvalue weighted by atomic mass is 15.1. The standard InChI is InChI=1S/C31H25N5/c1-4-30-33-26-16-14-22(31-34-25-12-8-9-13-28(25)35(31)3)18-29(26)36(30)27-17-15-23(24(19-32)20(27)2)21-10-6-5-7-11-21/h5-18H,4H2,1-3H3. The molecule has 0 unspecified atom stereocenters. The minimum atomic E-state index is 0.689. The van der Waals surface area contributed by atoms with Crippen molar-refractivity contribution in [2.45, 2.75) is 20.3 Å². The normalized spacial score (nSPS) is 11.3. The molecule has 5 nitrogen and oxygen atoms in total. The number of fused-ring (bicyclic) bond motifs is 2. The van der Waals surface area contributed by atoms with Crippen LogP contribution >= 0.6 is 0 Å². The first kappa shape index (κ1) is 21.8. The third-order valence-corrected chi connectivity index (χ3v) is 6.96. The van der Waals surface area contributed by atoms with Crippen LogP contribution in [0.3, 0.4) is 0 Å². The minimum absolute atomic E-state index is 0.689. The second-order valence-corrected chi connectivity index (χ2v) is 9.01. The summed E-state index contributed by atoms with van der Waals surface area (Å²) in [6, 6.07) is 31.2. The highest BCUT2D eigenvalue weighted by Gasteiger charge is 2.19. The molecule has 0 atom stereocenters. The number of hydrogen-bond donors (Lipinski definition) is 0. The van der Waals surface area contributed by atoms with Gasteiger partial charge in [-0.25, -0.2) is 9.97 Å². The van der Waals surface area contributed by atoms with Crippen molar-refractivity contribution in [1.82, 2.24) is 19.1 Å². The summed E-state index contributed by atoms with van der Waals surface area (Å²) in [6.45, 7) is 4.14. The Labute approximate surface area is 209 Å². The number of aromatic nitrogens is 4. The molecule has 0 aliphatic rings. The van der Waals surface area contributed by atoms with E-state index in [1.54, 1.807) is 0 Å². The van der Waals surface area contributed by atoms with Gasteiger partial charge in [0.25, 0.3) is 0 Å². The first-order valence-corrected chi connectivity index (χ1v) is 12.1. The monoisotopic (exact) mass is 467 g/mol. The summed E-state index contributed by atoms with van der Waals surface area (Å²) >= 11 is 0. The van der Waals surface area contributed by atoms with Crippen LogP contribution in [0.25, 0.3) is 50.3 Å². The average Bonchev–Trinajstić information content (AvgIpc) is 3.46. The largest absolute Gasteiger partial charge is 0.327 e. The Bertz CT molecular complexity index is 1800. The molecule has 0 amide bonds. The van der Waals surface area contributed by atoms with E-state index in [9.17, 15) is 5.26 Å². The summed E-state index contributed by atoms with van der Waals surface area (Å²) < 4.78 is 4.33. The number of nitriles is 1. The predicted octanol–water partition coefficient (Wildman–Crippen LogP) is 6.99. The molecule has 0 aliphatic carbocycles. The summed E-state index contributed by atoms with van der Waals surface area (Å²) in [6.07, 6.45) is 0.776. The van der Waals surface area contributed by atoms with Crippen LogP contribution in [0.1, 0.15) is 23.9 Å². The van der Waals surface area contributed by atoms with Gasteiger partial charge >= 0.3 is 0 Å². The Kier molecular flexibility index (Phi) is 5.16. The predicted molar refractivity (Wildman–Crippen MR) is 145 cm³/mol. The zero-order chi connectivity index (χ0) is 24.8. The van der Waals surface area contributed by atoms with Crippen molar-refractivity contribution >= 4 is 22.1 Å². The lowest BCUT2D eigenvalue weighted by Crippen LogP contribution is -2.04. The van der Waals surface area contributed by atoms with Gasteiger partial charge in [0.05, 0.1) is 33.3 Å². The molecule has 36 heavy (non-hydrogen) atoms. The van der Waals surface area contributed by atoms with Gasteiger partial charge in [-0.15, -0.1) is 0 Å². The van der Waals surface area contributed by atoms with E-state index in [0.717, 1.165) is 68.1 Å². The van der Waals surface area contributed by atoms with Crippen molar-refractivity contribution in [1.29, 1.82) is 5.26 Å². The van der Waals surface area contributed by atoms with Crippen molar-refractivity contribution in [3.05, 3.63) is 102 Å². The van der Waals surface area contributed by atoms with Crippen molar-refractivity contribution in [2.24, 2.45) is 7.05 Å². The van der Waals surface area contributed by atoms with Crippen molar-refractivity contribution < 1.29 is 0 Å². The fourth-order valence-corrected chi connectivity index (χ4v) is 5.12. The number of imidazole rings is 2. The van der Waals surface area contributed by atoms with Gasteiger partial charge in [-0.1, -0.05) is 55.5 Å². The fraction of sp³-hybridized carbons (Fsp3) is 0.129. The average molecular weight is 468 g/mol. The van der Waals surface area contributed by atoms with Crippen LogP contribution in [0, 0.1) is 18.3 Å². The van der Waals surface area contributed by atoms with Gasteiger partial charge in [-0.2, -0.15) is 5.26 Å². The number of rotatable bonds is 4. The number of aryl methyl sites for hydroxylation is 2. The van der Waals surface area contributed by atoms with Crippen LogP contribution in [0.2, 0.25) is 0 Å². The molecule has 2 heterocycles. The lowest BCUT2D eigenvalue weighted by molar-refractivity contribution is 0.902. The maximum atomic E-state index is 10.1. The quantitative estimate of drug-likeness (QED) is 0.281. The zero-order valence-electron chi connectivity index (χ0n) is 20.5. The number of hydrogen-bond acceptors (Lipinski definition) is 3. The molecule has 0 radical (unpaired) electrons. The van der Waals surface area contributed by atoms with Crippen LogP contribution in [-0.4, -0.2) is 19.1 Å². The molecular formula is C31H25N5. The van der Waals surface area contributed by atoms with Crippen molar-refractivity contribution in [3.63, 3.8) is 0 Å². The zero-order valence-corrected chi connectivity index (χ0v) is 20.5. The third-order valence-electron chi connectivity index (χ3n) is 6.96. The van der Waals surface area contributed by atoms with E-state index >= 15 is 0 Å². The molecule has 5 heteroatoms. The summed E-state index contributed by atoms with van der Waals surface area (Å²) in [7, 11) is 2.05. The SMILES string of the molecule is CCc1nc2ccc(-c3nc4ccccc4n3C)cc2n1-c1ccc(-c2ccccc2)c(C#N)c1C. The van der Waals surface area contributed by atoms with Crippen LogP contribution < -0.4 is 0 Å². The van der Waals surface area contributed by atoms with E-state index in [-0.39, 0.29) is 0 Å². The van der Waals surface area contributed by atoms with E-state index in [1.807, 2.05) is 55.5 Å². The number of para-hydroxylation sites is 2. The van der Waals surface area contributed by atoms with E-state index in [1.165, 1.54) is 0 Å². The Hall–Kier alpha value is -4.69. The molecule has 6 aromatic rings. The molecule has 0 fully saturated rings. The molecule has 0 aliphatic heterocycles. The second-order valence-electron chi connectivity index (χ2n) is 9.01. The smallest absolute Gasteiger partial charge is 0.140 e. The Morgan fingerprint density at radius 2 is 1.56 bits per heavy atom. The molecule has 0 bridgehead atoms. The first-order valence-electron chi connectivity index (χ1n) is 12.1. The molecule has 0 spiro atoms. The van der Waals surface area contributed by atoms with Gasteiger partial charge < -0.3 is 4.57 Å². The van der Waals surface area contributed by atoms with Crippen LogP contribution in [0.4, 0.5) is 0 Å². The molecule has 6 rings (SSSR count). The first-order chi connectivity index (χ1) is 17.6. The van der Waals surface area contributed by atoms with Gasteiger partial charge in [-0.05, 0) is 60.0 Å². The Morgan fingerprint density at radius 1 is 0.806 bits per heavy atom. The number of nitrogens with zero attached hydrogens (tertiary/aromatic N) is 5. The van der Waals surface area contributed by atoms with Crippen LogP contribution in [0.15, 0.2) is 84.9 Å². The molecule has 0 N–H and O–H groups in total. The Morgan fingerprint density at radius 3 is 2.31 bits per heavy atom. The van der Waals surface area contributed by atoms with E-state index in [2.05, 4.69) is 65.6 Å². The molecule has 4 aromatic carbocycles. The topological polar surface area (TPSA) is 59.4 Å². The maximum Gasteiger partial charge on any atom is 0.140 e. The van der Waals surface area contributed by atoms with Gasteiger partial charge in [0, 0.05) is 19.0 Å². The number of benzene rings is 4. The lowest BCUT2D eigenvalue weighted by Gasteiger charge is -2.16. The fourth-order valence-electron chi connectivity index (χ4n) is 5.12. The minimum Gasteiger partial charge on any atom is -0.327 e. The molecule has 2 aromatic heterocycles. The van der Waals surface area contributed by atoms with Crippen LogP contribution in [0.5, 0.6) is 0 Å². The highest BCUT2D eigenvalue weighted by Crippen LogP contribution is 2.33. The Balaban J connectivity index is 1.58. The maximum absolute atomic E-state index is 10.1. The van der Waals surface area contributed by atoms with Crippen molar-refractivity contribution in [2.75, 3.05) is 0 Å². The lowest BCUT2D eigenvalue weighted by atomic mass is 9.95. The summed E-state index contributed by atoms with van der Waals surface area (Å²) in [5.74, 6) is 1.88. The van der Waals surface area contributed by atoms with Gasteiger partial charge in [0.15, 0.2) is 0 Å². The summed E-state index contributed by atoms with van der Waals surface area (Å²) in [5, 5.41) is 10.1. The molecular weight excluding hydrogens is 442 g/mol. The molecule has 0 saturated heterocycles. The molecule has 0 saturated carbocycles. The van der Waals surface area contributed by atoms with E-state index in [4.69, 9.17) is 9.97 Å². The highest BCUT2D eigenvalue weighted by molar-refractivity contribution is 5.87. The second kappa shape index (κ2) is 8.51. The van der Waals surface area contributed by atoms with Gasteiger partial charge in [-0.3, -0.25) is 4.57 Å². The van der Waals surface area contributed by atoms with Crippen molar-refractivity contribution in [3.8, 4) is 34.3 Å². The summed E-state index contributed by atoms with van der Waals surface area (Å²) in [4.78, 5) is 9.84. The summed E-state index contributed by atoms with van der Waals surface area (Å²) in [5.41, 5.74) is 9.65. The third kappa shape index (κ3) is 3.30. The molecule has 174 valence electrons. The van der Waals surface area contributed by atoms with E-state index in [0.29, 0.717) is 5.56 Å². The van der Waals surface area contributed by atoms with E-state index < -0.39 is 0 Å².